The van der Waals surface area contributed by atoms with Crippen molar-refractivity contribution in [3.05, 3.63) is 34.6 Å². The van der Waals surface area contributed by atoms with Gasteiger partial charge >= 0.3 is 0 Å². The molecule has 0 bridgehead atoms. The van der Waals surface area contributed by atoms with Crippen molar-refractivity contribution in [2.45, 2.75) is 19.8 Å². The van der Waals surface area contributed by atoms with Crippen molar-refractivity contribution in [1.82, 2.24) is 30.3 Å². The number of aromatic amines is 1. The molecule has 0 aliphatic rings. The first kappa shape index (κ1) is 15.2. The molecule has 0 spiro atoms. The van der Waals surface area contributed by atoms with E-state index in [-0.39, 0.29) is 5.91 Å². The average molecular weight is 309 g/mol. The highest BCUT2D eigenvalue weighted by molar-refractivity contribution is 6.31. The molecule has 0 saturated carbocycles. The first-order valence-corrected chi connectivity index (χ1v) is 6.95. The normalized spacial score (nSPS) is 11.2. The van der Waals surface area contributed by atoms with Crippen LogP contribution >= 0.6 is 11.6 Å². The Hall–Kier alpha value is -2.15. The Morgan fingerprint density at radius 3 is 3.00 bits per heavy atom. The van der Waals surface area contributed by atoms with Crippen molar-refractivity contribution in [2.75, 3.05) is 6.54 Å². The zero-order valence-electron chi connectivity index (χ0n) is 11.9. The van der Waals surface area contributed by atoms with Gasteiger partial charge in [0.05, 0.1) is 5.69 Å². The van der Waals surface area contributed by atoms with E-state index >= 15 is 0 Å². The van der Waals surface area contributed by atoms with Gasteiger partial charge < -0.3 is 5.32 Å². The Balaban J connectivity index is 1.77. The van der Waals surface area contributed by atoms with Crippen LogP contribution in [0.1, 0.15) is 23.5 Å². The Kier molecular flexibility index (Phi) is 5.10. The third kappa shape index (κ3) is 4.16. The van der Waals surface area contributed by atoms with E-state index in [9.17, 15) is 4.79 Å². The molecule has 7 nitrogen and oxygen atoms in total. The predicted octanol–water partition coefficient (Wildman–Crippen LogP) is 1.26. The van der Waals surface area contributed by atoms with E-state index in [0.717, 1.165) is 29.9 Å². The first-order chi connectivity index (χ1) is 10.1. The van der Waals surface area contributed by atoms with Gasteiger partial charge in [-0.2, -0.15) is 10.2 Å². The fraction of sp³-hybridized carbons (Fsp3) is 0.385. The predicted molar refractivity (Wildman–Crippen MR) is 79.7 cm³/mol. The van der Waals surface area contributed by atoms with Gasteiger partial charge in [-0.25, -0.2) is 4.98 Å². The molecule has 2 rings (SSSR count). The monoisotopic (exact) mass is 308 g/mol. The van der Waals surface area contributed by atoms with Gasteiger partial charge in [0.25, 0.3) is 0 Å². The van der Waals surface area contributed by atoms with Crippen molar-refractivity contribution >= 4 is 23.6 Å². The molecular formula is C13H17ClN6O. The van der Waals surface area contributed by atoms with Gasteiger partial charge in [0, 0.05) is 31.7 Å². The van der Waals surface area contributed by atoms with Gasteiger partial charge in [-0.3, -0.25) is 14.6 Å². The fourth-order valence-corrected chi connectivity index (χ4v) is 2.11. The lowest BCUT2D eigenvalue weighted by molar-refractivity contribution is -0.116. The van der Waals surface area contributed by atoms with Crippen molar-refractivity contribution in [3.8, 4) is 0 Å². The summed E-state index contributed by atoms with van der Waals surface area (Å²) in [4.78, 5) is 15.7. The molecule has 1 amide bonds. The van der Waals surface area contributed by atoms with Crippen LogP contribution in [0.15, 0.2) is 12.4 Å². The van der Waals surface area contributed by atoms with Crippen molar-refractivity contribution in [1.29, 1.82) is 0 Å². The largest absolute Gasteiger partial charge is 0.353 e. The maximum absolute atomic E-state index is 11.7. The molecule has 2 aromatic heterocycles. The van der Waals surface area contributed by atoms with Crippen molar-refractivity contribution in [3.63, 3.8) is 0 Å². The lowest BCUT2D eigenvalue weighted by atomic mass is 10.2. The fourth-order valence-electron chi connectivity index (χ4n) is 1.87. The standard InChI is InChI=1S/C13H17ClN6O/c1-9-10(13(14)20(2)19-9)5-6-12(21)15-7-3-4-11-16-8-17-18-11/h5-6,8H,3-4,7H2,1-2H3,(H,15,21)(H,16,17,18). The molecule has 8 heteroatoms. The zero-order valence-corrected chi connectivity index (χ0v) is 12.7. The van der Waals surface area contributed by atoms with Crippen LogP contribution in [-0.4, -0.2) is 37.4 Å². The highest BCUT2D eigenvalue weighted by atomic mass is 35.5. The number of aromatic nitrogens is 5. The highest BCUT2D eigenvalue weighted by Gasteiger charge is 2.08. The van der Waals surface area contributed by atoms with E-state index in [1.807, 2.05) is 6.92 Å². The van der Waals surface area contributed by atoms with Crippen LogP contribution in [-0.2, 0) is 18.3 Å². The molecule has 0 radical (unpaired) electrons. The van der Waals surface area contributed by atoms with Crippen LogP contribution in [0.3, 0.4) is 0 Å². The molecule has 112 valence electrons. The molecule has 0 aliphatic carbocycles. The van der Waals surface area contributed by atoms with Crippen molar-refractivity contribution in [2.24, 2.45) is 7.05 Å². The van der Waals surface area contributed by atoms with Crippen LogP contribution in [0.5, 0.6) is 0 Å². The molecule has 0 aliphatic heterocycles. The van der Waals surface area contributed by atoms with Crippen molar-refractivity contribution < 1.29 is 4.79 Å². The quantitative estimate of drug-likeness (QED) is 0.621. The lowest BCUT2D eigenvalue weighted by Crippen LogP contribution is -2.22. The minimum Gasteiger partial charge on any atom is -0.353 e. The maximum atomic E-state index is 11.7. The second-order valence-corrected chi connectivity index (χ2v) is 4.93. The van der Waals surface area contributed by atoms with Crippen LogP contribution in [0.4, 0.5) is 0 Å². The summed E-state index contributed by atoms with van der Waals surface area (Å²) in [5.41, 5.74) is 1.55. The summed E-state index contributed by atoms with van der Waals surface area (Å²) >= 11 is 6.08. The average Bonchev–Trinajstić information content (AvgIpc) is 3.03. The number of H-pyrrole nitrogens is 1. The van der Waals surface area contributed by atoms with Gasteiger partial charge in [-0.1, -0.05) is 11.6 Å². The second-order valence-electron chi connectivity index (χ2n) is 4.57. The number of hydrogen-bond donors (Lipinski definition) is 2. The summed E-state index contributed by atoms with van der Waals surface area (Å²) in [5.74, 6) is 0.657. The molecule has 2 N–H and O–H groups in total. The van der Waals surface area contributed by atoms with Crippen LogP contribution < -0.4 is 5.32 Å². The number of amides is 1. The summed E-state index contributed by atoms with van der Waals surface area (Å²) in [6.45, 7) is 2.42. The third-order valence-electron chi connectivity index (χ3n) is 2.95. The first-order valence-electron chi connectivity index (χ1n) is 6.57. The molecular weight excluding hydrogens is 292 g/mol. The molecule has 0 fully saturated rings. The Morgan fingerprint density at radius 1 is 1.57 bits per heavy atom. The number of halogens is 1. The lowest BCUT2D eigenvalue weighted by Gasteiger charge is -2.00. The number of carbonyl (C=O) groups is 1. The number of nitrogens with zero attached hydrogens (tertiary/aromatic N) is 4. The molecule has 0 saturated heterocycles. The third-order valence-corrected chi connectivity index (χ3v) is 3.40. The topological polar surface area (TPSA) is 88.5 Å². The number of aryl methyl sites for hydroxylation is 3. The number of nitrogens with one attached hydrogen (secondary N) is 2. The van der Waals surface area contributed by atoms with E-state index in [1.165, 1.54) is 12.4 Å². The smallest absolute Gasteiger partial charge is 0.244 e. The molecule has 21 heavy (non-hydrogen) atoms. The van der Waals surface area contributed by atoms with E-state index < -0.39 is 0 Å². The number of rotatable bonds is 6. The summed E-state index contributed by atoms with van der Waals surface area (Å²) < 4.78 is 1.58. The minimum atomic E-state index is -0.160. The van der Waals surface area contributed by atoms with E-state index in [4.69, 9.17) is 11.6 Å². The van der Waals surface area contributed by atoms with E-state index in [1.54, 1.807) is 17.8 Å². The summed E-state index contributed by atoms with van der Waals surface area (Å²) in [5, 5.41) is 14.0. The summed E-state index contributed by atoms with van der Waals surface area (Å²) in [6, 6.07) is 0. The zero-order chi connectivity index (χ0) is 15.2. The maximum Gasteiger partial charge on any atom is 0.244 e. The Bertz CT molecular complexity index is 631. The van der Waals surface area contributed by atoms with Gasteiger partial charge in [0.2, 0.25) is 5.91 Å². The molecule has 2 aromatic rings. The van der Waals surface area contributed by atoms with Crippen LogP contribution in [0.2, 0.25) is 5.15 Å². The molecule has 0 aromatic carbocycles. The van der Waals surface area contributed by atoms with Crippen LogP contribution in [0.25, 0.3) is 6.08 Å². The number of carbonyl (C=O) groups excluding carboxylic acids is 1. The second kappa shape index (κ2) is 7.03. The Morgan fingerprint density at radius 2 is 2.38 bits per heavy atom. The van der Waals surface area contributed by atoms with Gasteiger partial charge in [-0.05, 0) is 19.4 Å². The van der Waals surface area contributed by atoms with E-state index in [2.05, 4.69) is 25.6 Å². The molecule has 0 atom stereocenters. The Labute approximate surface area is 127 Å². The molecule has 0 unspecified atom stereocenters. The summed E-state index contributed by atoms with van der Waals surface area (Å²) in [7, 11) is 1.76. The van der Waals surface area contributed by atoms with Crippen LogP contribution in [0, 0.1) is 6.92 Å². The summed E-state index contributed by atoms with van der Waals surface area (Å²) in [6.07, 6.45) is 6.15. The van der Waals surface area contributed by atoms with E-state index in [0.29, 0.717) is 11.7 Å². The van der Waals surface area contributed by atoms with Gasteiger partial charge in [0.15, 0.2) is 0 Å². The highest BCUT2D eigenvalue weighted by Crippen LogP contribution is 2.19. The van der Waals surface area contributed by atoms with Gasteiger partial charge in [0.1, 0.15) is 17.3 Å². The minimum absolute atomic E-state index is 0.160. The van der Waals surface area contributed by atoms with Gasteiger partial charge in [-0.15, -0.1) is 0 Å². The SMILES string of the molecule is Cc1nn(C)c(Cl)c1C=CC(=O)NCCCc1ncn[nH]1. The number of hydrogen-bond acceptors (Lipinski definition) is 4. The molecule has 2 heterocycles.